The Labute approximate surface area is 206 Å². The summed E-state index contributed by atoms with van der Waals surface area (Å²) in [4.78, 5) is 2.64. The molecule has 1 aliphatic rings. The van der Waals surface area contributed by atoms with E-state index in [0.717, 1.165) is 0 Å². The molecule has 0 aromatic carbocycles. The summed E-state index contributed by atoms with van der Waals surface area (Å²) < 4.78 is 34.6. The van der Waals surface area contributed by atoms with Crippen LogP contribution in [0.25, 0.3) is 0 Å². The van der Waals surface area contributed by atoms with Gasteiger partial charge in [0.1, 0.15) is 13.1 Å². The van der Waals surface area contributed by atoms with Crippen molar-refractivity contribution in [1.29, 1.82) is 0 Å². The molecule has 0 spiro atoms. The van der Waals surface area contributed by atoms with E-state index in [-0.39, 0.29) is 6.61 Å². The molecule has 0 saturated heterocycles. The van der Waals surface area contributed by atoms with E-state index >= 15 is 0 Å². The molecule has 7 heteroatoms. The summed E-state index contributed by atoms with van der Waals surface area (Å²) in [6, 6.07) is 0. The second kappa shape index (κ2) is 21.8. The maximum Gasteiger partial charge on any atom is 0.246 e. The van der Waals surface area contributed by atoms with Gasteiger partial charge in [0.2, 0.25) is 16.2 Å². The molecule has 0 saturated carbocycles. The fourth-order valence-electron chi connectivity index (χ4n) is 4.55. The van der Waals surface area contributed by atoms with Crippen LogP contribution in [-0.4, -0.2) is 61.1 Å². The standard InChI is InChI=1S/C24H49N2.C2H6O4S/c1-4-7-8-9-10-11-12-13-14-15-16-17-18-19-20-21-26-23-22-25(6-3)24(26)5-2;1-2-6-7(3,4)5/h4-23H2,1-3H3;2H2,1H3,(H,3,4,5)/q+1;/p-1. The van der Waals surface area contributed by atoms with Crippen LogP contribution in [0.15, 0.2) is 0 Å². The predicted octanol–water partition coefficient (Wildman–Crippen LogP) is 6.50. The molecule has 0 aromatic rings. The molecule has 0 amide bonds. The monoisotopic (exact) mass is 490 g/mol. The van der Waals surface area contributed by atoms with Crippen molar-refractivity contribution in [3.05, 3.63) is 0 Å². The first-order valence-electron chi connectivity index (χ1n) is 13.8. The van der Waals surface area contributed by atoms with Crippen LogP contribution in [-0.2, 0) is 14.6 Å². The van der Waals surface area contributed by atoms with E-state index in [0.29, 0.717) is 0 Å². The van der Waals surface area contributed by atoms with Crippen molar-refractivity contribution < 1.29 is 21.7 Å². The van der Waals surface area contributed by atoms with Crippen molar-refractivity contribution >= 4 is 16.2 Å². The molecule has 6 nitrogen and oxygen atoms in total. The molecule has 0 unspecified atom stereocenters. The Morgan fingerprint density at radius 2 is 1.24 bits per heavy atom. The van der Waals surface area contributed by atoms with Crippen LogP contribution < -0.4 is 0 Å². The summed E-state index contributed by atoms with van der Waals surface area (Å²) in [5, 5.41) is 0. The van der Waals surface area contributed by atoms with Gasteiger partial charge in [-0.1, -0.05) is 97.3 Å². The van der Waals surface area contributed by atoms with E-state index in [1.165, 1.54) is 136 Å². The van der Waals surface area contributed by atoms with Gasteiger partial charge in [0.05, 0.1) is 19.7 Å². The second-order valence-electron chi connectivity index (χ2n) is 9.10. The highest BCUT2D eigenvalue weighted by Gasteiger charge is 2.26. The molecular formula is C26H54N2O4S. The van der Waals surface area contributed by atoms with Gasteiger partial charge in [-0.25, -0.2) is 8.42 Å². The van der Waals surface area contributed by atoms with Gasteiger partial charge in [-0.3, -0.25) is 13.7 Å². The molecule has 0 N–H and O–H groups in total. The highest BCUT2D eigenvalue weighted by Crippen LogP contribution is 2.14. The van der Waals surface area contributed by atoms with E-state index in [1.807, 2.05) is 0 Å². The smallest absolute Gasteiger partial charge is 0.246 e. The Balaban J connectivity index is 0.00000126. The van der Waals surface area contributed by atoms with Crippen LogP contribution in [0.4, 0.5) is 0 Å². The third-order valence-corrected chi connectivity index (χ3v) is 6.89. The lowest BCUT2D eigenvalue weighted by Gasteiger charge is -2.12. The van der Waals surface area contributed by atoms with Gasteiger partial charge in [-0.15, -0.1) is 0 Å². The molecule has 0 atom stereocenters. The van der Waals surface area contributed by atoms with Crippen molar-refractivity contribution in [3.63, 3.8) is 0 Å². The van der Waals surface area contributed by atoms with Gasteiger partial charge in [0, 0.05) is 6.42 Å². The van der Waals surface area contributed by atoms with Gasteiger partial charge in [-0.2, -0.15) is 0 Å². The molecule has 1 aliphatic heterocycles. The van der Waals surface area contributed by atoms with Crippen LogP contribution in [0.1, 0.15) is 130 Å². The number of likely N-dealkylation sites (N-methyl/N-ethyl adjacent to an activating group) is 1. The number of nitrogens with zero attached hydrogens (tertiary/aromatic N) is 2. The molecular weight excluding hydrogens is 436 g/mol. The second-order valence-corrected chi connectivity index (χ2v) is 10.2. The van der Waals surface area contributed by atoms with E-state index < -0.39 is 10.4 Å². The van der Waals surface area contributed by atoms with Crippen LogP contribution in [0.2, 0.25) is 0 Å². The van der Waals surface area contributed by atoms with Crippen molar-refractivity contribution in [2.75, 3.05) is 32.8 Å². The largest absolute Gasteiger partial charge is 0.726 e. The van der Waals surface area contributed by atoms with Gasteiger partial charge >= 0.3 is 0 Å². The maximum absolute atomic E-state index is 9.45. The summed E-state index contributed by atoms with van der Waals surface area (Å²) in [7, 11) is -4.42. The van der Waals surface area contributed by atoms with Crippen LogP contribution in [0.5, 0.6) is 0 Å². The summed E-state index contributed by atoms with van der Waals surface area (Å²) in [5.41, 5.74) is 0. The summed E-state index contributed by atoms with van der Waals surface area (Å²) in [6.45, 7) is 13.2. The number of amidine groups is 1. The van der Waals surface area contributed by atoms with Gasteiger partial charge in [0.25, 0.3) is 0 Å². The fourth-order valence-corrected chi connectivity index (χ4v) is 4.84. The van der Waals surface area contributed by atoms with Crippen molar-refractivity contribution in [2.24, 2.45) is 0 Å². The first-order chi connectivity index (χ1) is 15.9. The lowest BCUT2D eigenvalue weighted by Crippen LogP contribution is -2.30. The average Bonchev–Trinajstić information content (AvgIpc) is 3.18. The third-order valence-electron chi connectivity index (χ3n) is 6.36. The van der Waals surface area contributed by atoms with E-state index in [1.54, 1.807) is 5.84 Å². The molecule has 0 bridgehead atoms. The first-order valence-corrected chi connectivity index (χ1v) is 15.2. The Morgan fingerprint density at radius 3 is 1.58 bits per heavy atom. The SMILES string of the molecule is CCCCCCCCCCCCCCCCCN1CC[N+](CC)=C1CC.CCOS(=O)(=O)[O-]. The maximum atomic E-state index is 9.45. The Hall–Kier alpha value is -0.660. The Bertz CT molecular complexity index is 579. The van der Waals surface area contributed by atoms with Crippen LogP contribution in [0.3, 0.4) is 0 Å². The van der Waals surface area contributed by atoms with E-state index in [4.69, 9.17) is 0 Å². The van der Waals surface area contributed by atoms with Gasteiger partial charge < -0.3 is 4.55 Å². The van der Waals surface area contributed by atoms with Crippen LogP contribution in [0, 0.1) is 0 Å². The molecule has 0 radical (unpaired) electrons. The van der Waals surface area contributed by atoms with E-state index in [2.05, 4.69) is 34.4 Å². The minimum Gasteiger partial charge on any atom is -0.726 e. The third kappa shape index (κ3) is 19.3. The normalized spacial score (nSPS) is 14.0. The number of hydrogen-bond acceptors (Lipinski definition) is 5. The van der Waals surface area contributed by atoms with Crippen LogP contribution >= 0.6 is 0 Å². The van der Waals surface area contributed by atoms with Gasteiger partial charge in [0.15, 0.2) is 0 Å². The quantitative estimate of drug-likeness (QED) is 0.0843. The average molecular weight is 491 g/mol. The Morgan fingerprint density at radius 1 is 0.788 bits per heavy atom. The summed E-state index contributed by atoms with van der Waals surface area (Å²) >= 11 is 0. The molecule has 1 heterocycles. The zero-order valence-corrected chi connectivity index (χ0v) is 23.1. The van der Waals surface area contributed by atoms with Crippen molar-refractivity contribution in [2.45, 2.75) is 130 Å². The molecule has 33 heavy (non-hydrogen) atoms. The minimum absolute atomic E-state index is 0.0914. The lowest BCUT2D eigenvalue weighted by molar-refractivity contribution is -0.515. The summed E-state index contributed by atoms with van der Waals surface area (Å²) in [6.07, 6.45) is 23.0. The molecule has 0 aromatic heterocycles. The first kappa shape index (κ1) is 32.3. The number of rotatable bonds is 20. The molecule has 0 aliphatic carbocycles. The van der Waals surface area contributed by atoms with Crippen molar-refractivity contribution in [1.82, 2.24) is 4.90 Å². The molecule has 1 rings (SSSR count). The van der Waals surface area contributed by atoms with Gasteiger partial charge in [-0.05, 0) is 26.7 Å². The molecule has 0 fully saturated rings. The zero-order chi connectivity index (χ0) is 24.8. The summed E-state index contributed by atoms with van der Waals surface area (Å²) in [5.74, 6) is 1.60. The zero-order valence-electron chi connectivity index (χ0n) is 22.3. The van der Waals surface area contributed by atoms with E-state index in [9.17, 15) is 13.0 Å². The topological polar surface area (TPSA) is 72.7 Å². The van der Waals surface area contributed by atoms with Crippen molar-refractivity contribution in [3.8, 4) is 0 Å². The minimum atomic E-state index is -4.42. The fraction of sp³-hybridized carbons (Fsp3) is 0.962. The predicted molar refractivity (Wildman–Crippen MR) is 139 cm³/mol. The lowest BCUT2D eigenvalue weighted by atomic mass is 10.0. The molecule has 198 valence electrons. The number of unbranched alkanes of at least 4 members (excludes halogenated alkanes) is 14. The highest BCUT2D eigenvalue weighted by molar-refractivity contribution is 7.80. The highest BCUT2D eigenvalue weighted by atomic mass is 32.3. The number of hydrogen-bond donors (Lipinski definition) is 0. The Kier molecular flexibility index (Phi) is 21.4.